The van der Waals surface area contributed by atoms with Gasteiger partial charge < -0.3 is 9.80 Å². The first-order valence-corrected chi connectivity index (χ1v) is 8.76. The molecule has 1 aromatic carbocycles. The standard InChI is InChI=1S/C14H11BrF4N4OS/c15-10-7-8(16)1-2-9(10)11(24)22-3-5-23(6-4-22)13-21-20-12(25-13)14(17,18)19/h1-2,7H,3-6H2. The Kier molecular flexibility index (Phi) is 4.96. The van der Waals surface area contributed by atoms with Crippen LogP contribution in [0.15, 0.2) is 22.7 Å². The maximum atomic E-state index is 13.1. The maximum Gasteiger partial charge on any atom is 0.445 e. The largest absolute Gasteiger partial charge is 0.445 e. The highest BCUT2D eigenvalue weighted by Gasteiger charge is 2.36. The number of anilines is 1. The molecule has 0 bridgehead atoms. The Balaban J connectivity index is 1.65. The summed E-state index contributed by atoms with van der Waals surface area (Å²) in [5.41, 5.74) is 0.338. The van der Waals surface area contributed by atoms with Crippen LogP contribution in [0.3, 0.4) is 0 Å². The van der Waals surface area contributed by atoms with E-state index in [4.69, 9.17) is 0 Å². The van der Waals surface area contributed by atoms with Crippen molar-refractivity contribution in [1.29, 1.82) is 0 Å². The van der Waals surface area contributed by atoms with Gasteiger partial charge >= 0.3 is 6.18 Å². The van der Waals surface area contributed by atoms with Crippen molar-refractivity contribution in [2.24, 2.45) is 0 Å². The number of benzene rings is 1. The Hall–Kier alpha value is -1.75. The molecule has 0 aliphatic carbocycles. The maximum absolute atomic E-state index is 13.1. The van der Waals surface area contributed by atoms with E-state index < -0.39 is 17.0 Å². The Morgan fingerprint density at radius 1 is 1.16 bits per heavy atom. The quantitative estimate of drug-likeness (QED) is 0.674. The fourth-order valence-corrected chi connectivity index (χ4v) is 3.68. The van der Waals surface area contributed by atoms with Crippen LogP contribution in [0.5, 0.6) is 0 Å². The molecular weight excluding hydrogens is 428 g/mol. The molecule has 134 valence electrons. The molecule has 0 saturated carbocycles. The molecule has 0 N–H and O–H groups in total. The number of hydrogen-bond donors (Lipinski definition) is 0. The summed E-state index contributed by atoms with van der Waals surface area (Å²) in [5, 5.41) is 5.94. The van der Waals surface area contributed by atoms with Gasteiger partial charge in [-0.2, -0.15) is 13.2 Å². The molecule has 0 radical (unpaired) electrons. The van der Waals surface area contributed by atoms with E-state index in [1.54, 1.807) is 9.80 Å². The number of aromatic nitrogens is 2. The molecular formula is C14H11BrF4N4OS. The number of carbonyl (C=O) groups is 1. The summed E-state index contributed by atoms with van der Waals surface area (Å²) in [5.74, 6) is -0.718. The number of hydrogen-bond acceptors (Lipinski definition) is 5. The first-order chi connectivity index (χ1) is 11.8. The monoisotopic (exact) mass is 438 g/mol. The van der Waals surface area contributed by atoms with E-state index in [9.17, 15) is 22.4 Å². The molecule has 2 heterocycles. The van der Waals surface area contributed by atoms with E-state index in [0.717, 1.165) is 0 Å². The number of nitrogens with zero attached hydrogens (tertiary/aromatic N) is 4. The van der Waals surface area contributed by atoms with Gasteiger partial charge in [-0.15, -0.1) is 10.2 Å². The number of amides is 1. The predicted octanol–water partition coefficient (Wildman–Crippen LogP) is 3.42. The molecule has 1 amide bonds. The van der Waals surface area contributed by atoms with Crippen LogP contribution in [0.1, 0.15) is 15.4 Å². The number of rotatable bonds is 2. The van der Waals surface area contributed by atoms with Crippen molar-refractivity contribution in [2.75, 3.05) is 31.1 Å². The average molecular weight is 439 g/mol. The van der Waals surface area contributed by atoms with Crippen LogP contribution in [0.2, 0.25) is 0 Å². The number of carbonyl (C=O) groups excluding carboxylic acids is 1. The second kappa shape index (κ2) is 6.87. The minimum absolute atomic E-state index is 0.183. The molecule has 0 spiro atoms. The van der Waals surface area contributed by atoms with E-state index >= 15 is 0 Å². The molecule has 1 fully saturated rings. The minimum Gasteiger partial charge on any atom is -0.343 e. The van der Waals surface area contributed by atoms with Crippen molar-refractivity contribution in [3.8, 4) is 0 Å². The highest BCUT2D eigenvalue weighted by atomic mass is 79.9. The van der Waals surface area contributed by atoms with E-state index in [-0.39, 0.29) is 11.0 Å². The zero-order chi connectivity index (χ0) is 18.2. The molecule has 5 nitrogen and oxygen atoms in total. The Bertz CT molecular complexity index is 789. The van der Waals surface area contributed by atoms with E-state index in [1.807, 2.05) is 0 Å². The van der Waals surface area contributed by atoms with Gasteiger partial charge in [-0.1, -0.05) is 11.3 Å². The Morgan fingerprint density at radius 2 is 1.84 bits per heavy atom. The summed E-state index contributed by atoms with van der Waals surface area (Å²) in [6.45, 7) is 1.33. The van der Waals surface area contributed by atoms with Crippen LogP contribution < -0.4 is 4.90 Å². The van der Waals surface area contributed by atoms with Crippen LogP contribution in [-0.2, 0) is 6.18 Å². The molecule has 1 aromatic heterocycles. The van der Waals surface area contributed by atoms with Crippen LogP contribution in [0.25, 0.3) is 0 Å². The van der Waals surface area contributed by atoms with E-state index in [0.29, 0.717) is 47.6 Å². The van der Waals surface area contributed by atoms with Gasteiger partial charge in [0, 0.05) is 30.7 Å². The summed E-state index contributed by atoms with van der Waals surface area (Å²) in [6, 6.07) is 3.81. The van der Waals surface area contributed by atoms with Gasteiger partial charge in [0.1, 0.15) is 5.82 Å². The van der Waals surface area contributed by atoms with Gasteiger partial charge in [0.15, 0.2) is 0 Å². The summed E-state index contributed by atoms with van der Waals surface area (Å²) >= 11 is 3.65. The highest BCUT2D eigenvalue weighted by molar-refractivity contribution is 9.10. The Morgan fingerprint density at radius 3 is 2.40 bits per heavy atom. The van der Waals surface area contributed by atoms with Gasteiger partial charge in [-0.05, 0) is 34.1 Å². The molecule has 11 heteroatoms. The SMILES string of the molecule is O=C(c1ccc(F)cc1Br)N1CCN(c2nnc(C(F)(F)F)s2)CC1. The lowest BCUT2D eigenvalue weighted by Crippen LogP contribution is -2.48. The lowest BCUT2D eigenvalue weighted by molar-refractivity contribution is -0.138. The molecule has 25 heavy (non-hydrogen) atoms. The van der Waals surface area contributed by atoms with Gasteiger partial charge in [0.25, 0.3) is 5.91 Å². The molecule has 0 unspecified atom stereocenters. The van der Waals surface area contributed by atoms with Crippen molar-refractivity contribution in [2.45, 2.75) is 6.18 Å². The summed E-state index contributed by atoms with van der Waals surface area (Å²) in [6.07, 6.45) is -4.51. The predicted molar refractivity (Wildman–Crippen MR) is 87.1 cm³/mol. The lowest BCUT2D eigenvalue weighted by atomic mass is 10.2. The van der Waals surface area contributed by atoms with Gasteiger partial charge in [-0.3, -0.25) is 4.79 Å². The van der Waals surface area contributed by atoms with Crippen molar-refractivity contribution in [3.63, 3.8) is 0 Å². The summed E-state index contributed by atoms with van der Waals surface area (Å²) < 4.78 is 51.3. The third-order valence-electron chi connectivity index (χ3n) is 3.66. The first kappa shape index (κ1) is 18.1. The lowest BCUT2D eigenvalue weighted by Gasteiger charge is -2.34. The molecule has 3 rings (SSSR count). The fourth-order valence-electron chi connectivity index (χ4n) is 2.39. The topological polar surface area (TPSA) is 49.3 Å². The molecule has 1 aliphatic rings. The average Bonchev–Trinajstić information content (AvgIpc) is 3.05. The Labute approximate surface area is 152 Å². The van der Waals surface area contributed by atoms with Gasteiger partial charge in [-0.25, -0.2) is 4.39 Å². The number of halogens is 5. The number of alkyl halides is 3. The zero-order valence-corrected chi connectivity index (χ0v) is 15.0. The number of piperazine rings is 1. The molecule has 0 atom stereocenters. The second-order valence-electron chi connectivity index (χ2n) is 5.29. The van der Waals surface area contributed by atoms with Crippen LogP contribution >= 0.6 is 27.3 Å². The molecule has 1 saturated heterocycles. The highest BCUT2D eigenvalue weighted by Crippen LogP contribution is 2.34. The minimum atomic E-state index is -4.51. The molecule has 2 aromatic rings. The summed E-state index contributed by atoms with van der Waals surface area (Å²) in [4.78, 5) is 15.7. The van der Waals surface area contributed by atoms with Crippen LogP contribution in [-0.4, -0.2) is 47.2 Å². The molecule has 1 aliphatic heterocycles. The smallest absolute Gasteiger partial charge is 0.343 e. The van der Waals surface area contributed by atoms with Gasteiger partial charge in [0.2, 0.25) is 10.1 Å². The fraction of sp³-hybridized carbons (Fsp3) is 0.357. The van der Waals surface area contributed by atoms with E-state index in [1.165, 1.54) is 18.2 Å². The van der Waals surface area contributed by atoms with Crippen LogP contribution in [0.4, 0.5) is 22.7 Å². The van der Waals surface area contributed by atoms with E-state index in [2.05, 4.69) is 26.1 Å². The summed E-state index contributed by atoms with van der Waals surface area (Å²) in [7, 11) is 0. The van der Waals surface area contributed by atoms with Crippen LogP contribution in [0, 0.1) is 5.82 Å². The first-order valence-electron chi connectivity index (χ1n) is 7.15. The van der Waals surface area contributed by atoms with Crippen molar-refractivity contribution in [3.05, 3.63) is 39.1 Å². The van der Waals surface area contributed by atoms with Crippen molar-refractivity contribution >= 4 is 38.3 Å². The third-order valence-corrected chi connectivity index (χ3v) is 5.34. The zero-order valence-electron chi connectivity index (χ0n) is 12.6. The normalized spacial score (nSPS) is 15.6. The third kappa shape index (κ3) is 3.92. The van der Waals surface area contributed by atoms with Crippen molar-refractivity contribution in [1.82, 2.24) is 15.1 Å². The van der Waals surface area contributed by atoms with Gasteiger partial charge in [0.05, 0.1) is 5.56 Å². The second-order valence-corrected chi connectivity index (χ2v) is 7.10. The van der Waals surface area contributed by atoms with Crippen molar-refractivity contribution < 1.29 is 22.4 Å².